The first-order valence-electron chi connectivity index (χ1n) is 9.50. The molecule has 4 aromatic rings. The lowest BCUT2D eigenvalue weighted by atomic mass is 10.0. The fourth-order valence-corrected chi connectivity index (χ4v) is 4.26. The molecule has 0 aliphatic rings. The molecule has 1 heterocycles. The van der Waals surface area contributed by atoms with Gasteiger partial charge in [0.15, 0.2) is 0 Å². The van der Waals surface area contributed by atoms with E-state index in [4.69, 9.17) is 0 Å². The van der Waals surface area contributed by atoms with E-state index in [2.05, 4.69) is 28.8 Å². The van der Waals surface area contributed by atoms with Crippen LogP contribution in [0.1, 0.15) is 27.0 Å². The van der Waals surface area contributed by atoms with Crippen LogP contribution in [0.5, 0.6) is 0 Å². The summed E-state index contributed by atoms with van der Waals surface area (Å²) in [6.45, 7) is 0.892. The van der Waals surface area contributed by atoms with Crippen molar-refractivity contribution in [2.24, 2.45) is 0 Å². The largest absolute Gasteiger partial charge is 0.383 e. The Morgan fingerprint density at radius 1 is 0.828 bits per heavy atom. The van der Waals surface area contributed by atoms with Gasteiger partial charge in [-0.3, -0.25) is 0 Å². The fourth-order valence-electron chi connectivity index (χ4n) is 3.29. The van der Waals surface area contributed by atoms with Gasteiger partial charge in [-0.1, -0.05) is 72.8 Å². The smallest absolute Gasteiger partial charge is 0.315 e. The Balaban J connectivity index is 1.31. The molecule has 4 rings (SSSR count). The average Bonchev–Trinajstić information content (AvgIpc) is 3.25. The zero-order valence-corrected chi connectivity index (χ0v) is 16.7. The summed E-state index contributed by atoms with van der Waals surface area (Å²) in [6, 6.07) is 27.4. The second-order valence-electron chi connectivity index (χ2n) is 6.79. The SMILES string of the molecule is O=C(NCc1ccc(C(O)c2ccccc2)s1)NCc1cccc2ccccc12. The summed E-state index contributed by atoms with van der Waals surface area (Å²) >= 11 is 1.50. The lowest BCUT2D eigenvalue weighted by molar-refractivity contribution is 0.224. The number of fused-ring (bicyclic) bond motifs is 1. The number of thiophene rings is 1. The maximum atomic E-state index is 12.2. The molecule has 3 N–H and O–H groups in total. The van der Waals surface area contributed by atoms with Crippen molar-refractivity contribution in [1.29, 1.82) is 0 Å². The summed E-state index contributed by atoms with van der Waals surface area (Å²) in [5.41, 5.74) is 1.95. The van der Waals surface area contributed by atoms with Gasteiger partial charge in [-0.25, -0.2) is 4.79 Å². The number of benzene rings is 3. The second-order valence-corrected chi connectivity index (χ2v) is 7.99. The highest BCUT2D eigenvalue weighted by Gasteiger charge is 2.13. The number of aliphatic hydroxyl groups excluding tert-OH is 1. The van der Waals surface area contributed by atoms with Crippen LogP contribution >= 0.6 is 11.3 Å². The average molecular weight is 403 g/mol. The first kappa shape index (κ1) is 19.2. The minimum atomic E-state index is -0.643. The molecule has 4 nitrogen and oxygen atoms in total. The van der Waals surface area contributed by atoms with Crippen molar-refractivity contribution >= 4 is 28.1 Å². The first-order chi connectivity index (χ1) is 14.2. The molecule has 0 bridgehead atoms. The van der Waals surface area contributed by atoms with Gasteiger partial charge >= 0.3 is 6.03 Å². The molecule has 0 fully saturated rings. The summed E-state index contributed by atoms with van der Waals surface area (Å²) in [7, 11) is 0. The molecule has 1 aromatic heterocycles. The molecule has 1 atom stereocenters. The Morgan fingerprint density at radius 3 is 2.41 bits per heavy atom. The molecule has 0 saturated heterocycles. The van der Waals surface area contributed by atoms with Crippen LogP contribution in [-0.4, -0.2) is 11.1 Å². The van der Waals surface area contributed by atoms with Crippen molar-refractivity contribution < 1.29 is 9.90 Å². The van der Waals surface area contributed by atoms with E-state index >= 15 is 0 Å². The maximum Gasteiger partial charge on any atom is 0.315 e. The number of hydrogen-bond acceptors (Lipinski definition) is 3. The number of rotatable bonds is 6. The number of aliphatic hydroxyl groups is 1. The summed E-state index contributed by atoms with van der Waals surface area (Å²) in [6.07, 6.45) is -0.643. The van der Waals surface area contributed by atoms with E-state index in [0.29, 0.717) is 13.1 Å². The fraction of sp³-hybridized carbons (Fsp3) is 0.125. The molecule has 3 aromatic carbocycles. The van der Waals surface area contributed by atoms with E-state index in [9.17, 15) is 9.90 Å². The molecule has 146 valence electrons. The van der Waals surface area contributed by atoms with Gasteiger partial charge in [0.25, 0.3) is 0 Å². The predicted octanol–water partition coefficient (Wildman–Crippen LogP) is 4.98. The van der Waals surface area contributed by atoms with Gasteiger partial charge in [0.05, 0.1) is 6.54 Å². The Hall–Kier alpha value is -3.15. The van der Waals surface area contributed by atoms with Gasteiger partial charge < -0.3 is 15.7 Å². The zero-order valence-electron chi connectivity index (χ0n) is 15.8. The highest BCUT2D eigenvalue weighted by Crippen LogP contribution is 2.28. The second kappa shape index (κ2) is 8.90. The van der Waals surface area contributed by atoms with Gasteiger partial charge in [-0.15, -0.1) is 11.3 Å². The third kappa shape index (κ3) is 4.65. The van der Waals surface area contributed by atoms with Crippen LogP contribution in [0.15, 0.2) is 84.9 Å². The van der Waals surface area contributed by atoms with Gasteiger partial charge in [-0.2, -0.15) is 0 Å². The van der Waals surface area contributed by atoms with E-state index in [1.54, 1.807) is 0 Å². The van der Waals surface area contributed by atoms with Crippen molar-refractivity contribution in [2.75, 3.05) is 0 Å². The maximum absolute atomic E-state index is 12.2. The van der Waals surface area contributed by atoms with Crippen molar-refractivity contribution in [3.8, 4) is 0 Å². The summed E-state index contributed by atoms with van der Waals surface area (Å²) < 4.78 is 0. The standard InChI is InChI=1S/C24H22N2O2S/c27-23(18-8-2-1-3-9-18)22-14-13-20(29-22)16-26-24(28)25-15-19-11-6-10-17-7-4-5-12-21(17)19/h1-14,23,27H,15-16H2,(H2,25,26,28). The highest BCUT2D eigenvalue weighted by atomic mass is 32.1. The summed E-state index contributed by atoms with van der Waals surface area (Å²) in [4.78, 5) is 14.1. The van der Waals surface area contributed by atoms with E-state index in [1.807, 2.05) is 66.7 Å². The molecule has 0 spiro atoms. The Kier molecular flexibility index (Phi) is 5.89. The third-order valence-corrected chi connectivity index (χ3v) is 5.95. The molecular weight excluding hydrogens is 380 g/mol. The van der Waals surface area contributed by atoms with Crippen LogP contribution in [0.2, 0.25) is 0 Å². The minimum absolute atomic E-state index is 0.212. The molecule has 29 heavy (non-hydrogen) atoms. The van der Waals surface area contributed by atoms with Gasteiger partial charge in [0.2, 0.25) is 0 Å². The molecule has 0 saturated carbocycles. The molecular formula is C24H22N2O2S. The van der Waals surface area contributed by atoms with Crippen molar-refractivity contribution in [2.45, 2.75) is 19.2 Å². The van der Waals surface area contributed by atoms with Crippen LogP contribution < -0.4 is 10.6 Å². The van der Waals surface area contributed by atoms with Gasteiger partial charge in [0.1, 0.15) is 6.10 Å². The van der Waals surface area contributed by atoms with Crippen LogP contribution in [0.3, 0.4) is 0 Å². The monoisotopic (exact) mass is 402 g/mol. The molecule has 0 aliphatic carbocycles. The van der Waals surface area contributed by atoms with Crippen LogP contribution in [-0.2, 0) is 13.1 Å². The molecule has 1 unspecified atom stereocenters. The Labute approximate surface area is 173 Å². The van der Waals surface area contributed by atoms with E-state index in [0.717, 1.165) is 31.7 Å². The van der Waals surface area contributed by atoms with Crippen molar-refractivity contribution in [3.05, 3.63) is 106 Å². The van der Waals surface area contributed by atoms with Gasteiger partial charge in [-0.05, 0) is 34.0 Å². The van der Waals surface area contributed by atoms with Crippen LogP contribution in [0, 0.1) is 0 Å². The summed E-state index contributed by atoms with van der Waals surface area (Å²) in [5, 5.41) is 18.6. The number of amides is 2. The Morgan fingerprint density at radius 2 is 1.55 bits per heavy atom. The number of nitrogens with one attached hydrogen (secondary N) is 2. The molecule has 0 aliphatic heterocycles. The third-order valence-electron chi connectivity index (χ3n) is 4.81. The van der Waals surface area contributed by atoms with Crippen molar-refractivity contribution in [3.63, 3.8) is 0 Å². The number of carbonyl (C=O) groups excluding carboxylic acids is 1. The topological polar surface area (TPSA) is 61.4 Å². The number of carbonyl (C=O) groups is 1. The number of hydrogen-bond donors (Lipinski definition) is 3. The van der Waals surface area contributed by atoms with Gasteiger partial charge in [0, 0.05) is 16.3 Å². The lowest BCUT2D eigenvalue weighted by Crippen LogP contribution is -2.34. The quantitative estimate of drug-likeness (QED) is 0.426. The Bertz CT molecular complexity index is 1100. The first-order valence-corrected chi connectivity index (χ1v) is 10.3. The van der Waals surface area contributed by atoms with Crippen LogP contribution in [0.4, 0.5) is 4.79 Å². The van der Waals surface area contributed by atoms with E-state index < -0.39 is 6.10 Å². The van der Waals surface area contributed by atoms with E-state index in [1.165, 1.54) is 11.3 Å². The van der Waals surface area contributed by atoms with Crippen LogP contribution in [0.25, 0.3) is 10.8 Å². The summed E-state index contributed by atoms with van der Waals surface area (Å²) in [5.74, 6) is 0. The predicted molar refractivity (Wildman–Crippen MR) is 118 cm³/mol. The van der Waals surface area contributed by atoms with E-state index in [-0.39, 0.29) is 6.03 Å². The molecule has 0 radical (unpaired) electrons. The number of urea groups is 1. The van der Waals surface area contributed by atoms with Crippen molar-refractivity contribution in [1.82, 2.24) is 10.6 Å². The molecule has 5 heteroatoms. The highest BCUT2D eigenvalue weighted by molar-refractivity contribution is 7.12. The zero-order chi connectivity index (χ0) is 20.1. The normalized spacial score (nSPS) is 11.9. The lowest BCUT2D eigenvalue weighted by Gasteiger charge is -2.10. The minimum Gasteiger partial charge on any atom is -0.383 e. The molecule has 2 amide bonds.